The summed E-state index contributed by atoms with van der Waals surface area (Å²) in [5.41, 5.74) is 5.56. The Morgan fingerprint density at radius 3 is 2.44 bits per heavy atom. The van der Waals surface area contributed by atoms with E-state index in [1.165, 1.54) is 6.08 Å². The van der Waals surface area contributed by atoms with Crippen molar-refractivity contribution in [2.45, 2.75) is 38.5 Å². The maximum Gasteiger partial charge on any atom is 0.307 e. The average molecular weight is 249 g/mol. The van der Waals surface area contributed by atoms with E-state index in [2.05, 4.69) is 4.74 Å². The Kier molecular flexibility index (Phi) is 6.28. The van der Waals surface area contributed by atoms with Crippen LogP contribution in [0, 0.1) is 0 Å². The molecular formula is C10H19NO4S. The molecule has 0 heterocycles. The molecule has 0 radical (unpaired) electrons. The zero-order valence-corrected chi connectivity index (χ0v) is 10.7. The molecule has 0 aliphatic carbocycles. The van der Waals surface area contributed by atoms with Gasteiger partial charge >= 0.3 is 5.97 Å². The highest BCUT2D eigenvalue weighted by molar-refractivity contribution is 7.94. The SMILES string of the molecule is CCOC(=O)C[C@H](N)/C=C/S(=O)(=O)C(C)C. The summed E-state index contributed by atoms with van der Waals surface area (Å²) < 4.78 is 27.5. The highest BCUT2D eigenvalue weighted by atomic mass is 32.2. The van der Waals surface area contributed by atoms with Crippen LogP contribution in [0.5, 0.6) is 0 Å². The molecule has 0 aliphatic rings. The molecule has 0 aromatic heterocycles. The minimum Gasteiger partial charge on any atom is -0.466 e. The third-order valence-electron chi connectivity index (χ3n) is 1.88. The van der Waals surface area contributed by atoms with Gasteiger partial charge in [-0.2, -0.15) is 0 Å². The van der Waals surface area contributed by atoms with E-state index >= 15 is 0 Å². The maximum atomic E-state index is 11.4. The monoisotopic (exact) mass is 249 g/mol. The van der Waals surface area contributed by atoms with Gasteiger partial charge in [0.15, 0.2) is 9.84 Å². The molecule has 0 rings (SSSR count). The van der Waals surface area contributed by atoms with Gasteiger partial charge in [-0.1, -0.05) is 6.08 Å². The summed E-state index contributed by atoms with van der Waals surface area (Å²) in [6.45, 7) is 5.15. The highest BCUT2D eigenvalue weighted by Crippen LogP contribution is 2.04. The van der Waals surface area contributed by atoms with Crippen LogP contribution in [-0.4, -0.2) is 32.3 Å². The largest absolute Gasteiger partial charge is 0.466 e. The van der Waals surface area contributed by atoms with E-state index in [4.69, 9.17) is 5.73 Å². The lowest BCUT2D eigenvalue weighted by Gasteiger charge is -2.06. The van der Waals surface area contributed by atoms with Crippen LogP contribution in [0.1, 0.15) is 27.2 Å². The van der Waals surface area contributed by atoms with Crippen molar-refractivity contribution in [3.63, 3.8) is 0 Å². The Hall–Kier alpha value is -0.880. The van der Waals surface area contributed by atoms with Crippen LogP contribution in [0.3, 0.4) is 0 Å². The normalized spacial score (nSPS) is 14.3. The summed E-state index contributed by atoms with van der Waals surface area (Å²) in [4.78, 5) is 11.0. The van der Waals surface area contributed by atoms with Gasteiger partial charge in [0, 0.05) is 11.4 Å². The molecular weight excluding hydrogens is 230 g/mol. The molecule has 16 heavy (non-hydrogen) atoms. The molecule has 5 nitrogen and oxygen atoms in total. The molecule has 2 N–H and O–H groups in total. The molecule has 0 spiro atoms. The Labute approximate surface area is 96.6 Å². The van der Waals surface area contributed by atoms with Crippen molar-refractivity contribution >= 4 is 15.8 Å². The van der Waals surface area contributed by atoms with Crippen molar-refractivity contribution in [2.24, 2.45) is 5.73 Å². The lowest BCUT2D eigenvalue weighted by molar-refractivity contribution is -0.143. The number of carbonyl (C=O) groups is 1. The standard InChI is InChI=1S/C10H19NO4S/c1-4-15-10(12)7-9(11)5-6-16(13,14)8(2)3/h5-6,8-9H,4,7,11H2,1-3H3/b6-5+/t9-/m1/s1. The first-order valence-electron chi connectivity index (χ1n) is 5.13. The number of hydrogen-bond acceptors (Lipinski definition) is 5. The number of carbonyl (C=O) groups excluding carboxylic acids is 1. The molecule has 0 saturated heterocycles. The van der Waals surface area contributed by atoms with Crippen LogP contribution in [0.15, 0.2) is 11.5 Å². The molecule has 94 valence electrons. The topological polar surface area (TPSA) is 86.5 Å². The number of rotatable bonds is 6. The van der Waals surface area contributed by atoms with Crippen molar-refractivity contribution < 1.29 is 17.9 Å². The third kappa shape index (κ3) is 5.87. The number of nitrogens with two attached hydrogens (primary N) is 1. The molecule has 0 unspecified atom stereocenters. The predicted molar refractivity (Wildman–Crippen MR) is 62.4 cm³/mol. The molecule has 0 aromatic carbocycles. The van der Waals surface area contributed by atoms with Gasteiger partial charge in [0.2, 0.25) is 0 Å². The van der Waals surface area contributed by atoms with E-state index < -0.39 is 27.1 Å². The quantitative estimate of drug-likeness (QED) is 0.697. The van der Waals surface area contributed by atoms with Gasteiger partial charge in [-0.25, -0.2) is 8.42 Å². The minimum absolute atomic E-state index is 0.0159. The summed E-state index contributed by atoms with van der Waals surface area (Å²) in [6, 6.07) is -0.632. The highest BCUT2D eigenvalue weighted by Gasteiger charge is 2.13. The lowest BCUT2D eigenvalue weighted by Crippen LogP contribution is -2.23. The summed E-state index contributed by atoms with van der Waals surface area (Å²) in [5, 5.41) is 0.570. The van der Waals surface area contributed by atoms with E-state index in [9.17, 15) is 13.2 Å². The summed E-state index contributed by atoms with van der Waals surface area (Å²) in [5.74, 6) is -0.429. The van der Waals surface area contributed by atoms with Gasteiger partial charge in [0.1, 0.15) is 0 Å². The fourth-order valence-corrected chi connectivity index (χ4v) is 1.58. The zero-order chi connectivity index (χ0) is 12.8. The Balaban J connectivity index is 4.30. The first-order valence-corrected chi connectivity index (χ1v) is 6.73. The van der Waals surface area contributed by atoms with Gasteiger partial charge in [0.05, 0.1) is 18.3 Å². The van der Waals surface area contributed by atoms with Crippen LogP contribution in [0.25, 0.3) is 0 Å². The van der Waals surface area contributed by atoms with E-state index in [1.807, 2.05) is 0 Å². The third-order valence-corrected chi connectivity index (χ3v) is 3.73. The maximum absolute atomic E-state index is 11.4. The van der Waals surface area contributed by atoms with Crippen LogP contribution < -0.4 is 5.73 Å². The van der Waals surface area contributed by atoms with Crippen LogP contribution in [0.4, 0.5) is 0 Å². The van der Waals surface area contributed by atoms with Crippen molar-refractivity contribution in [1.29, 1.82) is 0 Å². The average Bonchev–Trinajstić information content (AvgIpc) is 2.15. The summed E-state index contributed by atoms with van der Waals surface area (Å²) in [6.07, 6.45) is 1.30. The second-order valence-corrected chi connectivity index (χ2v) is 6.03. The van der Waals surface area contributed by atoms with Gasteiger partial charge in [0.25, 0.3) is 0 Å². The molecule has 0 fully saturated rings. The first-order chi connectivity index (χ1) is 7.29. The number of sulfone groups is 1. The molecule has 6 heteroatoms. The molecule has 0 amide bonds. The number of ether oxygens (including phenoxy) is 1. The molecule has 0 aliphatic heterocycles. The smallest absolute Gasteiger partial charge is 0.307 e. The van der Waals surface area contributed by atoms with Crippen LogP contribution >= 0.6 is 0 Å². The zero-order valence-electron chi connectivity index (χ0n) is 9.84. The van der Waals surface area contributed by atoms with Gasteiger partial charge in [-0.15, -0.1) is 0 Å². The lowest BCUT2D eigenvalue weighted by atomic mass is 10.2. The summed E-state index contributed by atoms with van der Waals surface area (Å²) in [7, 11) is -3.25. The van der Waals surface area contributed by atoms with Gasteiger partial charge in [-0.05, 0) is 20.8 Å². The van der Waals surface area contributed by atoms with E-state index in [1.54, 1.807) is 20.8 Å². The number of esters is 1. The fraction of sp³-hybridized carbons (Fsp3) is 0.700. The molecule has 1 atom stereocenters. The van der Waals surface area contributed by atoms with Crippen molar-refractivity contribution in [3.05, 3.63) is 11.5 Å². The molecule has 0 saturated carbocycles. The fourth-order valence-electron chi connectivity index (χ4n) is 0.848. The second-order valence-electron chi connectivity index (χ2n) is 3.64. The molecule has 0 aromatic rings. The van der Waals surface area contributed by atoms with Crippen LogP contribution in [-0.2, 0) is 19.4 Å². The molecule has 0 bridgehead atoms. The van der Waals surface area contributed by atoms with Crippen molar-refractivity contribution in [3.8, 4) is 0 Å². The van der Waals surface area contributed by atoms with Crippen molar-refractivity contribution in [2.75, 3.05) is 6.61 Å². The van der Waals surface area contributed by atoms with E-state index in [0.29, 0.717) is 6.61 Å². The van der Waals surface area contributed by atoms with E-state index in [0.717, 1.165) is 5.41 Å². The van der Waals surface area contributed by atoms with E-state index in [-0.39, 0.29) is 6.42 Å². The Bertz CT molecular complexity index is 346. The second kappa shape index (κ2) is 6.65. The van der Waals surface area contributed by atoms with Crippen molar-refractivity contribution in [1.82, 2.24) is 0 Å². The van der Waals surface area contributed by atoms with Gasteiger partial charge < -0.3 is 10.5 Å². The Morgan fingerprint density at radius 2 is 2.00 bits per heavy atom. The van der Waals surface area contributed by atoms with Crippen LogP contribution in [0.2, 0.25) is 0 Å². The van der Waals surface area contributed by atoms with Gasteiger partial charge in [-0.3, -0.25) is 4.79 Å². The Morgan fingerprint density at radius 1 is 1.44 bits per heavy atom. The predicted octanol–water partition coefficient (Wildman–Crippen LogP) is 0.604. The first kappa shape index (κ1) is 15.1. The summed E-state index contributed by atoms with van der Waals surface area (Å²) >= 11 is 0. The minimum atomic E-state index is -3.25. The number of hydrogen-bond donors (Lipinski definition) is 1.